The van der Waals surface area contributed by atoms with Crippen LogP contribution < -0.4 is 5.32 Å². The van der Waals surface area contributed by atoms with E-state index in [-0.39, 0.29) is 17.8 Å². The summed E-state index contributed by atoms with van der Waals surface area (Å²) in [6, 6.07) is 4.42. The monoisotopic (exact) mass is 266 g/mol. The molecule has 0 bridgehead atoms. The number of ether oxygens (including phenoxy) is 1. The summed E-state index contributed by atoms with van der Waals surface area (Å²) in [6.07, 6.45) is -0.00245. The average Bonchev–Trinajstić information content (AvgIpc) is 2.37. The maximum absolute atomic E-state index is 13.3. The van der Waals surface area contributed by atoms with E-state index in [0.29, 0.717) is 31.8 Å². The van der Waals surface area contributed by atoms with Gasteiger partial charge in [0, 0.05) is 25.2 Å². The predicted molar refractivity (Wildman–Crippen MR) is 70.7 cm³/mol. The lowest BCUT2D eigenvalue weighted by atomic mass is 10.1. The second-order valence-electron chi connectivity index (χ2n) is 4.82. The maximum Gasteiger partial charge on any atom is 0.254 e. The molecule has 1 atom stereocenters. The molecule has 1 aromatic rings. The van der Waals surface area contributed by atoms with Gasteiger partial charge in [0.05, 0.1) is 12.7 Å². The van der Waals surface area contributed by atoms with Gasteiger partial charge in [0.25, 0.3) is 5.91 Å². The number of carbonyl (C=O) groups is 1. The summed E-state index contributed by atoms with van der Waals surface area (Å²) in [5.41, 5.74) is 1.16. The molecule has 104 valence electrons. The fourth-order valence-electron chi connectivity index (χ4n) is 2.30. The summed E-state index contributed by atoms with van der Waals surface area (Å²) in [4.78, 5) is 14.1. The summed E-state index contributed by atoms with van der Waals surface area (Å²) in [7, 11) is 1.85. The zero-order chi connectivity index (χ0) is 13.8. The van der Waals surface area contributed by atoms with Crippen LogP contribution in [-0.2, 0) is 4.74 Å². The molecule has 1 heterocycles. The molecule has 0 radical (unpaired) electrons. The van der Waals surface area contributed by atoms with Crippen molar-refractivity contribution in [2.75, 3.05) is 33.3 Å². The van der Waals surface area contributed by atoms with Crippen LogP contribution in [0.2, 0.25) is 0 Å². The van der Waals surface area contributed by atoms with Crippen molar-refractivity contribution in [3.05, 3.63) is 35.1 Å². The van der Waals surface area contributed by atoms with Crippen LogP contribution in [0.15, 0.2) is 18.2 Å². The van der Waals surface area contributed by atoms with Gasteiger partial charge >= 0.3 is 0 Å². The first-order valence-electron chi connectivity index (χ1n) is 6.43. The van der Waals surface area contributed by atoms with Crippen LogP contribution in [0.25, 0.3) is 0 Å². The SMILES string of the molecule is CNCC1CN(C(=O)c2cc(C)cc(F)c2)CCO1. The number of rotatable bonds is 3. The van der Waals surface area contributed by atoms with Gasteiger partial charge in [-0.3, -0.25) is 4.79 Å². The Balaban J connectivity index is 2.10. The van der Waals surface area contributed by atoms with Crippen LogP contribution in [0, 0.1) is 12.7 Å². The Morgan fingerprint density at radius 2 is 2.32 bits per heavy atom. The van der Waals surface area contributed by atoms with Gasteiger partial charge in [-0.15, -0.1) is 0 Å². The van der Waals surface area contributed by atoms with Gasteiger partial charge in [-0.1, -0.05) is 0 Å². The standard InChI is InChI=1S/C14H19FN2O2/c1-10-5-11(7-12(15)6-10)14(18)17-3-4-19-13(9-17)8-16-2/h5-7,13,16H,3-4,8-9H2,1-2H3. The Morgan fingerprint density at radius 1 is 1.53 bits per heavy atom. The Hall–Kier alpha value is -1.46. The van der Waals surface area contributed by atoms with E-state index in [2.05, 4.69) is 5.32 Å². The molecular weight excluding hydrogens is 247 g/mol. The van der Waals surface area contributed by atoms with Crippen LogP contribution in [0.5, 0.6) is 0 Å². The van der Waals surface area contributed by atoms with Crippen molar-refractivity contribution >= 4 is 5.91 Å². The van der Waals surface area contributed by atoms with Crippen molar-refractivity contribution in [3.8, 4) is 0 Å². The van der Waals surface area contributed by atoms with E-state index < -0.39 is 0 Å². The van der Waals surface area contributed by atoms with Gasteiger partial charge in [-0.05, 0) is 37.7 Å². The Bertz CT molecular complexity index is 443. The lowest BCUT2D eigenvalue weighted by Crippen LogP contribution is -2.48. The molecule has 0 aliphatic carbocycles. The molecule has 4 nitrogen and oxygen atoms in total. The second kappa shape index (κ2) is 6.12. The number of benzene rings is 1. The van der Waals surface area contributed by atoms with Gasteiger partial charge < -0.3 is 15.0 Å². The van der Waals surface area contributed by atoms with Crippen molar-refractivity contribution < 1.29 is 13.9 Å². The molecular formula is C14H19FN2O2. The van der Waals surface area contributed by atoms with Gasteiger partial charge in [-0.2, -0.15) is 0 Å². The molecule has 1 aliphatic heterocycles. The van der Waals surface area contributed by atoms with Crippen molar-refractivity contribution in [1.29, 1.82) is 0 Å². The fourth-order valence-corrected chi connectivity index (χ4v) is 2.30. The van der Waals surface area contributed by atoms with E-state index in [0.717, 1.165) is 5.56 Å². The molecule has 0 spiro atoms. The molecule has 1 unspecified atom stereocenters. The van der Waals surface area contributed by atoms with Gasteiger partial charge in [-0.25, -0.2) is 4.39 Å². The first-order valence-corrected chi connectivity index (χ1v) is 6.43. The third kappa shape index (κ3) is 3.52. The highest BCUT2D eigenvalue weighted by Crippen LogP contribution is 2.13. The number of likely N-dealkylation sites (N-methyl/N-ethyl adjacent to an activating group) is 1. The lowest BCUT2D eigenvalue weighted by molar-refractivity contribution is -0.0196. The average molecular weight is 266 g/mol. The summed E-state index contributed by atoms with van der Waals surface area (Å²) in [5.74, 6) is -0.504. The topological polar surface area (TPSA) is 41.6 Å². The minimum atomic E-state index is -0.372. The van der Waals surface area contributed by atoms with E-state index in [1.165, 1.54) is 12.1 Å². The molecule has 1 saturated heterocycles. The van der Waals surface area contributed by atoms with E-state index in [1.54, 1.807) is 17.9 Å². The quantitative estimate of drug-likeness (QED) is 0.893. The normalized spacial score (nSPS) is 19.5. The third-order valence-electron chi connectivity index (χ3n) is 3.15. The molecule has 5 heteroatoms. The maximum atomic E-state index is 13.3. The Morgan fingerprint density at radius 3 is 3.00 bits per heavy atom. The number of amides is 1. The van der Waals surface area contributed by atoms with Crippen LogP contribution in [0.1, 0.15) is 15.9 Å². The Labute approximate surface area is 112 Å². The van der Waals surface area contributed by atoms with E-state index in [9.17, 15) is 9.18 Å². The molecule has 1 N–H and O–H groups in total. The van der Waals surface area contributed by atoms with Gasteiger partial charge in [0.2, 0.25) is 0 Å². The highest BCUT2D eigenvalue weighted by atomic mass is 19.1. The molecule has 2 rings (SSSR count). The lowest BCUT2D eigenvalue weighted by Gasteiger charge is -2.33. The minimum Gasteiger partial charge on any atom is -0.373 e. The molecule has 1 fully saturated rings. The third-order valence-corrected chi connectivity index (χ3v) is 3.15. The number of morpholine rings is 1. The first-order chi connectivity index (χ1) is 9.10. The van der Waals surface area contributed by atoms with Crippen LogP contribution in [-0.4, -0.2) is 50.2 Å². The summed E-state index contributed by atoms with van der Waals surface area (Å²) >= 11 is 0. The van der Waals surface area contributed by atoms with Crippen molar-refractivity contribution in [2.24, 2.45) is 0 Å². The van der Waals surface area contributed by atoms with E-state index in [4.69, 9.17) is 4.74 Å². The number of halogens is 1. The molecule has 19 heavy (non-hydrogen) atoms. The van der Waals surface area contributed by atoms with E-state index >= 15 is 0 Å². The zero-order valence-corrected chi connectivity index (χ0v) is 11.3. The number of carbonyl (C=O) groups excluding carboxylic acids is 1. The zero-order valence-electron chi connectivity index (χ0n) is 11.3. The number of nitrogens with zero attached hydrogens (tertiary/aromatic N) is 1. The minimum absolute atomic E-state index is 0.00245. The van der Waals surface area contributed by atoms with Crippen LogP contribution in [0.3, 0.4) is 0 Å². The fraction of sp³-hybridized carbons (Fsp3) is 0.500. The summed E-state index contributed by atoms with van der Waals surface area (Å²) < 4.78 is 18.9. The number of aryl methyl sites for hydroxylation is 1. The summed E-state index contributed by atoms with van der Waals surface area (Å²) in [5, 5.41) is 3.03. The number of hydrogen-bond acceptors (Lipinski definition) is 3. The molecule has 1 aliphatic rings. The van der Waals surface area contributed by atoms with Crippen molar-refractivity contribution in [3.63, 3.8) is 0 Å². The van der Waals surface area contributed by atoms with Crippen LogP contribution in [0.4, 0.5) is 4.39 Å². The number of nitrogens with one attached hydrogen (secondary N) is 1. The molecule has 1 amide bonds. The largest absolute Gasteiger partial charge is 0.373 e. The van der Waals surface area contributed by atoms with Crippen LogP contribution >= 0.6 is 0 Å². The highest BCUT2D eigenvalue weighted by Gasteiger charge is 2.24. The highest BCUT2D eigenvalue weighted by molar-refractivity contribution is 5.94. The van der Waals surface area contributed by atoms with Crippen molar-refractivity contribution in [2.45, 2.75) is 13.0 Å². The van der Waals surface area contributed by atoms with Gasteiger partial charge in [0.1, 0.15) is 5.82 Å². The summed E-state index contributed by atoms with van der Waals surface area (Å²) in [6.45, 7) is 4.09. The van der Waals surface area contributed by atoms with Gasteiger partial charge in [0.15, 0.2) is 0 Å². The second-order valence-corrected chi connectivity index (χ2v) is 4.82. The first kappa shape index (κ1) is 14.0. The number of hydrogen-bond donors (Lipinski definition) is 1. The Kier molecular flexibility index (Phi) is 4.50. The molecule has 1 aromatic carbocycles. The smallest absolute Gasteiger partial charge is 0.254 e. The van der Waals surface area contributed by atoms with Crippen molar-refractivity contribution in [1.82, 2.24) is 10.2 Å². The molecule has 0 aromatic heterocycles. The molecule has 0 saturated carbocycles. The van der Waals surface area contributed by atoms with E-state index in [1.807, 2.05) is 7.05 Å². The predicted octanol–water partition coefficient (Wildman–Crippen LogP) is 1.19.